The number of halogens is 3. The molecule has 0 radical (unpaired) electrons. The maximum Gasteiger partial charge on any atom is 0.417 e. The summed E-state index contributed by atoms with van der Waals surface area (Å²) in [5, 5.41) is 0.924. The van der Waals surface area contributed by atoms with Gasteiger partial charge in [-0.05, 0) is 29.7 Å². The quantitative estimate of drug-likeness (QED) is 0.582. The van der Waals surface area contributed by atoms with E-state index < -0.39 is 11.7 Å². The highest BCUT2D eigenvalue weighted by atomic mass is 19.4. The molecule has 0 aliphatic heterocycles. The Kier molecular flexibility index (Phi) is 3.90. The van der Waals surface area contributed by atoms with Crippen molar-refractivity contribution in [2.75, 3.05) is 0 Å². The molecule has 0 saturated heterocycles. The van der Waals surface area contributed by atoms with Crippen molar-refractivity contribution in [1.82, 2.24) is 9.55 Å². The first-order valence-electron chi connectivity index (χ1n) is 7.78. The van der Waals surface area contributed by atoms with Crippen molar-refractivity contribution in [3.05, 3.63) is 54.2 Å². The predicted molar refractivity (Wildman–Crippen MR) is 89.6 cm³/mol. The highest BCUT2D eigenvalue weighted by Crippen LogP contribution is 2.36. The molecule has 2 nitrogen and oxygen atoms in total. The molecular formula is C19H19F3N2. The second-order valence-corrected chi connectivity index (χ2v) is 7.16. The summed E-state index contributed by atoms with van der Waals surface area (Å²) in [6, 6.07) is 11.0. The summed E-state index contributed by atoms with van der Waals surface area (Å²) in [5.74, 6) is 0. The number of hydrogen-bond donors (Lipinski definition) is 0. The van der Waals surface area contributed by atoms with Crippen LogP contribution in [0.1, 0.15) is 26.3 Å². The van der Waals surface area contributed by atoms with Crippen LogP contribution in [0.3, 0.4) is 0 Å². The lowest BCUT2D eigenvalue weighted by atomic mass is 9.97. The molecule has 0 amide bonds. The molecule has 0 bridgehead atoms. The topological polar surface area (TPSA) is 17.8 Å². The summed E-state index contributed by atoms with van der Waals surface area (Å²) >= 11 is 0. The molecule has 3 aromatic rings. The van der Waals surface area contributed by atoms with E-state index in [0.29, 0.717) is 11.3 Å². The fourth-order valence-electron chi connectivity index (χ4n) is 2.80. The van der Waals surface area contributed by atoms with Crippen LogP contribution in [-0.2, 0) is 12.7 Å². The van der Waals surface area contributed by atoms with E-state index in [1.165, 1.54) is 12.1 Å². The maximum atomic E-state index is 13.3. The number of rotatable bonds is 2. The van der Waals surface area contributed by atoms with Crippen molar-refractivity contribution in [2.45, 2.75) is 33.5 Å². The van der Waals surface area contributed by atoms with E-state index in [9.17, 15) is 13.2 Å². The molecule has 1 aromatic carbocycles. The van der Waals surface area contributed by atoms with Gasteiger partial charge >= 0.3 is 6.18 Å². The van der Waals surface area contributed by atoms with Gasteiger partial charge < -0.3 is 4.57 Å². The van der Waals surface area contributed by atoms with Gasteiger partial charge in [0.05, 0.1) is 11.3 Å². The fraction of sp³-hybridized carbons (Fsp3) is 0.316. The van der Waals surface area contributed by atoms with Crippen molar-refractivity contribution >= 4 is 11.0 Å². The van der Waals surface area contributed by atoms with E-state index in [1.807, 2.05) is 22.9 Å². The Morgan fingerprint density at radius 2 is 1.67 bits per heavy atom. The molecule has 0 aliphatic rings. The third-order valence-corrected chi connectivity index (χ3v) is 3.76. The van der Waals surface area contributed by atoms with Crippen molar-refractivity contribution in [1.29, 1.82) is 0 Å². The van der Waals surface area contributed by atoms with Gasteiger partial charge in [-0.25, -0.2) is 4.98 Å². The monoisotopic (exact) mass is 332 g/mol. The van der Waals surface area contributed by atoms with Crippen LogP contribution in [-0.4, -0.2) is 9.55 Å². The van der Waals surface area contributed by atoms with Gasteiger partial charge in [0, 0.05) is 23.7 Å². The second-order valence-electron chi connectivity index (χ2n) is 7.16. The molecule has 0 saturated carbocycles. The molecule has 5 heteroatoms. The lowest BCUT2D eigenvalue weighted by molar-refractivity contribution is -0.137. The van der Waals surface area contributed by atoms with Crippen LogP contribution < -0.4 is 0 Å². The van der Waals surface area contributed by atoms with Gasteiger partial charge in [-0.3, -0.25) is 0 Å². The first-order chi connectivity index (χ1) is 11.1. The molecule has 24 heavy (non-hydrogen) atoms. The summed E-state index contributed by atoms with van der Waals surface area (Å²) in [4.78, 5) is 4.53. The largest absolute Gasteiger partial charge is 0.417 e. The predicted octanol–water partition coefficient (Wildman–Crippen LogP) is 5.77. The summed E-state index contributed by atoms with van der Waals surface area (Å²) in [5.41, 5.74) is 0.540. The zero-order valence-corrected chi connectivity index (χ0v) is 13.9. The minimum absolute atomic E-state index is 0.0491. The van der Waals surface area contributed by atoms with Crippen LogP contribution in [0, 0.1) is 5.41 Å². The maximum absolute atomic E-state index is 13.3. The number of alkyl halides is 3. The molecule has 0 fully saturated rings. The van der Waals surface area contributed by atoms with Crippen LogP contribution in [0.2, 0.25) is 0 Å². The van der Waals surface area contributed by atoms with Crippen molar-refractivity contribution in [3.8, 4) is 11.3 Å². The molecule has 0 unspecified atom stereocenters. The first kappa shape index (κ1) is 16.6. The summed E-state index contributed by atoms with van der Waals surface area (Å²) < 4.78 is 41.8. The van der Waals surface area contributed by atoms with E-state index in [2.05, 4.69) is 25.8 Å². The summed E-state index contributed by atoms with van der Waals surface area (Å²) in [7, 11) is 0. The highest BCUT2D eigenvalue weighted by Gasteiger charge is 2.33. The second kappa shape index (κ2) is 5.65. The molecule has 3 rings (SSSR count). The van der Waals surface area contributed by atoms with Gasteiger partial charge in [0.15, 0.2) is 0 Å². The number of aromatic nitrogens is 2. The first-order valence-corrected chi connectivity index (χ1v) is 7.78. The number of pyridine rings is 1. The van der Waals surface area contributed by atoms with Crippen LogP contribution in [0.5, 0.6) is 0 Å². The van der Waals surface area contributed by atoms with Gasteiger partial charge in [-0.1, -0.05) is 39.0 Å². The normalized spacial score (nSPS) is 12.8. The van der Waals surface area contributed by atoms with Crippen LogP contribution >= 0.6 is 0 Å². The van der Waals surface area contributed by atoms with E-state index in [-0.39, 0.29) is 11.0 Å². The average molecular weight is 332 g/mol. The fourth-order valence-corrected chi connectivity index (χ4v) is 2.80. The Morgan fingerprint density at radius 3 is 2.33 bits per heavy atom. The molecule has 0 spiro atoms. The van der Waals surface area contributed by atoms with Crippen LogP contribution in [0.4, 0.5) is 13.2 Å². The molecule has 2 heterocycles. The van der Waals surface area contributed by atoms with Gasteiger partial charge in [-0.15, -0.1) is 0 Å². The number of fused-ring (bicyclic) bond motifs is 1. The van der Waals surface area contributed by atoms with Gasteiger partial charge in [0.1, 0.15) is 5.65 Å². The zero-order valence-electron chi connectivity index (χ0n) is 13.9. The van der Waals surface area contributed by atoms with Crippen molar-refractivity contribution in [3.63, 3.8) is 0 Å². The summed E-state index contributed by atoms with van der Waals surface area (Å²) in [6.07, 6.45) is -2.47. The van der Waals surface area contributed by atoms with Crippen LogP contribution in [0.15, 0.2) is 48.7 Å². The van der Waals surface area contributed by atoms with Crippen LogP contribution in [0.25, 0.3) is 22.3 Å². The Bertz CT molecular complexity index is 870. The third kappa shape index (κ3) is 3.30. The Morgan fingerprint density at radius 1 is 0.958 bits per heavy atom. The van der Waals surface area contributed by atoms with E-state index >= 15 is 0 Å². The molecule has 0 atom stereocenters. The minimum Gasteiger partial charge on any atom is -0.332 e. The molecule has 0 aliphatic carbocycles. The average Bonchev–Trinajstić information content (AvgIpc) is 2.87. The smallest absolute Gasteiger partial charge is 0.332 e. The van der Waals surface area contributed by atoms with Gasteiger partial charge in [0.25, 0.3) is 0 Å². The summed E-state index contributed by atoms with van der Waals surface area (Å²) in [6.45, 7) is 7.08. The number of hydrogen-bond acceptors (Lipinski definition) is 1. The zero-order chi connectivity index (χ0) is 17.5. The Balaban J connectivity index is 2.14. The molecular weight excluding hydrogens is 313 g/mol. The van der Waals surface area contributed by atoms with E-state index in [0.717, 1.165) is 18.0 Å². The third-order valence-electron chi connectivity index (χ3n) is 3.76. The highest BCUT2D eigenvalue weighted by molar-refractivity contribution is 5.80. The number of benzene rings is 1. The molecule has 2 aromatic heterocycles. The van der Waals surface area contributed by atoms with E-state index in [4.69, 9.17) is 0 Å². The van der Waals surface area contributed by atoms with E-state index in [1.54, 1.807) is 12.1 Å². The SMILES string of the molecule is CC(C)(C)Cn1ccc2ccc(-c3ccccc3C(F)(F)F)nc21. The lowest BCUT2D eigenvalue weighted by Gasteiger charge is -2.19. The van der Waals surface area contributed by atoms with Gasteiger partial charge in [-0.2, -0.15) is 13.2 Å². The molecule has 0 N–H and O–H groups in total. The standard InChI is InChI=1S/C19H19F3N2/c1-18(2,3)12-24-11-10-13-8-9-16(23-17(13)24)14-6-4-5-7-15(14)19(20,21)22/h4-11H,12H2,1-3H3. The van der Waals surface area contributed by atoms with Crippen molar-refractivity contribution in [2.24, 2.45) is 5.41 Å². The minimum atomic E-state index is -4.40. The number of nitrogens with zero attached hydrogens (tertiary/aromatic N) is 2. The molecule has 126 valence electrons. The lowest BCUT2D eigenvalue weighted by Crippen LogP contribution is -2.15. The van der Waals surface area contributed by atoms with Crippen molar-refractivity contribution < 1.29 is 13.2 Å². The Labute approximate surface area is 138 Å². The van der Waals surface area contributed by atoms with Gasteiger partial charge in [0.2, 0.25) is 0 Å². The Hall–Kier alpha value is -2.30.